The van der Waals surface area contributed by atoms with Crippen LogP contribution in [0.15, 0.2) is 12.3 Å². The summed E-state index contributed by atoms with van der Waals surface area (Å²) in [5, 5.41) is 21.8. The highest BCUT2D eigenvalue weighted by atomic mass is 35.5. The van der Waals surface area contributed by atoms with E-state index in [1.165, 1.54) is 4.57 Å². The first-order chi connectivity index (χ1) is 15.2. The molecule has 11 nitrogen and oxygen atoms in total. The summed E-state index contributed by atoms with van der Waals surface area (Å²) < 4.78 is 23.9. The number of methoxy groups -OCH3 is 1. The predicted molar refractivity (Wildman–Crippen MR) is 117 cm³/mol. The van der Waals surface area contributed by atoms with E-state index >= 15 is 0 Å². The van der Waals surface area contributed by atoms with E-state index in [1.54, 1.807) is 12.3 Å². The molecule has 2 aromatic heterocycles. The van der Waals surface area contributed by atoms with Gasteiger partial charge in [0.1, 0.15) is 29.8 Å². The van der Waals surface area contributed by atoms with Crippen molar-refractivity contribution in [3.8, 4) is 0 Å². The Morgan fingerprint density at radius 3 is 2.59 bits per heavy atom. The third kappa shape index (κ3) is 4.17. The second kappa shape index (κ2) is 9.15. The van der Waals surface area contributed by atoms with Crippen LogP contribution < -0.4 is 4.90 Å². The van der Waals surface area contributed by atoms with Crippen molar-refractivity contribution < 1.29 is 34.0 Å². The Labute approximate surface area is 190 Å². The lowest BCUT2D eigenvalue weighted by Crippen LogP contribution is -2.39. The quantitative estimate of drug-likeness (QED) is 0.333. The fourth-order valence-corrected chi connectivity index (χ4v) is 5.89. The Kier molecular flexibility index (Phi) is 6.82. The summed E-state index contributed by atoms with van der Waals surface area (Å²) in [6.07, 6.45) is 0.416. The topological polar surface area (TPSA) is 150 Å². The van der Waals surface area contributed by atoms with Gasteiger partial charge in [-0.3, -0.25) is 4.57 Å². The fourth-order valence-electron chi connectivity index (χ4n) is 4.83. The van der Waals surface area contributed by atoms with Gasteiger partial charge in [-0.15, -0.1) is 0 Å². The van der Waals surface area contributed by atoms with Gasteiger partial charge in [0.15, 0.2) is 12.1 Å². The summed E-state index contributed by atoms with van der Waals surface area (Å²) >= 11 is 6.26. The molecule has 0 spiro atoms. The molecule has 1 unspecified atom stereocenters. The highest BCUT2D eigenvalue weighted by Crippen LogP contribution is 2.48. The van der Waals surface area contributed by atoms with E-state index in [1.807, 2.05) is 0 Å². The molecule has 1 saturated carbocycles. The Bertz CT molecular complexity index is 1010. The van der Waals surface area contributed by atoms with Crippen LogP contribution in [0, 0.1) is 0 Å². The molecule has 1 aliphatic heterocycles. The van der Waals surface area contributed by atoms with Crippen molar-refractivity contribution >= 4 is 36.0 Å². The predicted octanol–water partition coefficient (Wildman–Crippen LogP) is 1.62. The number of fused-ring (bicyclic) bond motifs is 1. The second-order valence-electron chi connectivity index (χ2n) is 8.19. The highest BCUT2D eigenvalue weighted by molar-refractivity contribution is 7.52. The molecule has 13 heteroatoms. The molecular weight excluding hydrogens is 463 g/mol. The van der Waals surface area contributed by atoms with Crippen LogP contribution in [0.1, 0.15) is 38.8 Å². The third-order valence-corrected chi connectivity index (χ3v) is 7.64. The van der Waals surface area contributed by atoms with Crippen LogP contribution in [0.3, 0.4) is 0 Å². The Balaban J connectivity index is 1.73. The molecule has 4 rings (SSSR count). The molecule has 5 atom stereocenters. The lowest BCUT2D eigenvalue weighted by atomic mass is 10.1. The van der Waals surface area contributed by atoms with Crippen LogP contribution in [0.5, 0.6) is 0 Å². The second-order valence-corrected chi connectivity index (χ2v) is 10.2. The molecular formula is C19H28ClN4O7P. The first-order valence-corrected chi connectivity index (χ1v) is 12.6. The van der Waals surface area contributed by atoms with E-state index in [0.717, 1.165) is 39.3 Å². The van der Waals surface area contributed by atoms with Crippen LogP contribution in [0.4, 0.5) is 5.82 Å². The molecule has 4 N–H and O–H groups in total. The van der Waals surface area contributed by atoms with Gasteiger partial charge < -0.3 is 38.9 Å². The summed E-state index contributed by atoms with van der Waals surface area (Å²) in [4.78, 5) is 30.1. The highest BCUT2D eigenvalue weighted by Gasteiger charge is 2.52. The van der Waals surface area contributed by atoms with Crippen molar-refractivity contribution in [2.75, 3.05) is 18.6 Å². The van der Waals surface area contributed by atoms with Gasteiger partial charge in [-0.2, -0.15) is 9.97 Å². The van der Waals surface area contributed by atoms with Crippen molar-refractivity contribution in [1.82, 2.24) is 14.5 Å². The number of hydrogen-bond donors (Lipinski definition) is 4. The van der Waals surface area contributed by atoms with Crippen molar-refractivity contribution in [2.24, 2.45) is 0 Å². The molecule has 0 aromatic carbocycles. The number of halogens is 1. The lowest BCUT2D eigenvalue weighted by molar-refractivity contribution is -0.0759. The Morgan fingerprint density at radius 1 is 1.31 bits per heavy atom. The third-order valence-electron chi connectivity index (χ3n) is 6.31. The standard InChI is InChI=1S/C19H28ClN4O7P/c1-3-23(10-6-4-5-7-10)15-11-8-9-24(16(11)22-19(20)21-15)17-13(26)12(25)14(31-17)18(30-2)32(27,28)29/h8-10,12-14,17-18,25-26H,3-7H2,1-2H3,(H2,27,28,29)/t12-,13+,14+,17+,18?/m0/s1. The van der Waals surface area contributed by atoms with Crippen LogP contribution in [0.2, 0.25) is 5.28 Å². The molecule has 178 valence electrons. The van der Waals surface area contributed by atoms with Gasteiger partial charge in [0.25, 0.3) is 0 Å². The average molecular weight is 491 g/mol. The molecule has 3 heterocycles. The number of anilines is 1. The molecule has 32 heavy (non-hydrogen) atoms. The largest absolute Gasteiger partial charge is 0.387 e. The molecule has 2 aliphatic rings. The van der Waals surface area contributed by atoms with Gasteiger partial charge in [0.2, 0.25) is 5.28 Å². The van der Waals surface area contributed by atoms with Gasteiger partial charge in [0.05, 0.1) is 5.39 Å². The minimum Gasteiger partial charge on any atom is -0.387 e. The smallest absolute Gasteiger partial charge is 0.356 e. The van der Waals surface area contributed by atoms with Crippen LogP contribution in [-0.2, 0) is 14.0 Å². The van der Waals surface area contributed by atoms with Crippen molar-refractivity contribution in [1.29, 1.82) is 0 Å². The van der Waals surface area contributed by atoms with E-state index in [4.69, 9.17) is 21.1 Å². The summed E-state index contributed by atoms with van der Waals surface area (Å²) in [7, 11) is -3.66. The van der Waals surface area contributed by atoms with Gasteiger partial charge in [-0.25, -0.2) is 0 Å². The van der Waals surface area contributed by atoms with Gasteiger partial charge in [-0.1, -0.05) is 12.8 Å². The molecule has 0 radical (unpaired) electrons. The molecule has 1 saturated heterocycles. The number of rotatable bonds is 7. The van der Waals surface area contributed by atoms with Gasteiger partial charge >= 0.3 is 7.60 Å². The molecule has 0 amide bonds. The van der Waals surface area contributed by atoms with Crippen LogP contribution in [0.25, 0.3) is 11.0 Å². The summed E-state index contributed by atoms with van der Waals surface area (Å²) in [6.45, 7) is 2.79. The molecule has 2 fully saturated rings. The monoisotopic (exact) mass is 490 g/mol. The summed E-state index contributed by atoms with van der Waals surface area (Å²) in [5.41, 5.74) is 0.387. The number of aliphatic hydroxyl groups excluding tert-OH is 2. The average Bonchev–Trinajstić information content (AvgIpc) is 3.45. The van der Waals surface area contributed by atoms with E-state index in [0.29, 0.717) is 22.9 Å². The zero-order valence-corrected chi connectivity index (χ0v) is 19.4. The maximum absolute atomic E-state index is 11.8. The van der Waals surface area contributed by atoms with Crippen LogP contribution >= 0.6 is 19.2 Å². The molecule has 1 aliphatic carbocycles. The zero-order valence-electron chi connectivity index (χ0n) is 17.8. The van der Waals surface area contributed by atoms with Gasteiger partial charge in [0, 0.05) is 25.9 Å². The first-order valence-electron chi connectivity index (χ1n) is 10.6. The summed E-state index contributed by atoms with van der Waals surface area (Å²) in [5.74, 6) is -1.05. The Hall–Kier alpha value is -1.30. The molecule has 2 aromatic rings. The summed E-state index contributed by atoms with van der Waals surface area (Å²) in [6, 6.07) is 2.13. The number of hydrogen-bond acceptors (Lipinski definition) is 8. The fraction of sp³-hybridized carbons (Fsp3) is 0.684. The maximum atomic E-state index is 11.8. The molecule has 0 bridgehead atoms. The minimum atomic E-state index is -4.77. The van der Waals surface area contributed by atoms with Crippen molar-refractivity contribution in [2.45, 2.75) is 69.0 Å². The lowest BCUT2D eigenvalue weighted by Gasteiger charge is -2.29. The SMILES string of the molecule is CCN(c1nc(Cl)nc2c1ccn2[C@@H]1O[C@@H](C(OC)P(=O)(O)O)[C@@H](O)[C@H]1O)C1CCCC1. The number of ether oxygens (including phenoxy) is 2. The van der Waals surface area contributed by atoms with Crippen molar-refractivity contribution in [3.05, 3.63) is 17.5 Å². The zero-order chi connectivity index (χ0) is 23.2. The maximum Gasteiger partial charge on any atom is 0.356 e. The van der Waals surface area contributed by atoms with Crippen LogP contribution in [-0.4, -0.2) is 78.4 Å². The number of aromatic nitrogens is 3. The minimum absolute atomic E-state index is 0.0264. The van der Waals surface area contributed by atoms with Crippen molar-refractivity contribution in [3.63, 3.8) is 0 Å². The van der Waals surface area contributed by atoms with E-state index < -0.39 is 38.0 Å². The number of nitrogens with zero attached hydrogens (tertiary/aromatic N) is 4. The van der Waals surface area contributed by atoms with E-state index in [-0.39, 0.29) is 5.28 Å². The van der Waals surface area contributed by atoms with E-state index in [9.17, 15) is 24.6 Å². The normalized spacial score (nSPS) is 28.0. The first kappa shape index (κ1) is 23.8. The number of aliphatic hydroxyl groups is 2. The van der Waals surface area contributed by atoms with E-state index in [2.05, 4.69) is 21.8 Å². The van der Waals surface area contributed by atoms with Gasteiger partial charge in [-0.05, 0) is 37.4 Å². The Morgan fingerprint density at radius 2 is 2.00 bits per heavy atom.